The molecular weight excluding hydrogens is 442 g/mol. The molecule has 0 heterocycles. The topological polar surface area (TPSA) is 32.3 Å². The Morgan fingerprint density at radius 2 is 1.22 bits per heavy atom. The van der Waals surface area contributed by atoms with Gasteiger partial charge in [-0.05, 0) is 100 Å². The van der Waals surface area contributed by atoms with Gasteiger partial charge in [-0.25, -0.2) is 0 Å². The normalized spacial score (nSPS) is 13.3. The van der Waals surface area contributed by atoms with E-state index in [1.165, 1.54) is 16.7 Å². The molecule has 0 radical (unpaired) electrons. The Bertz CT molecular complexity index is 718. The van der Waals surface area contributed by atoms with Crippen LogP contribution in [-0.4, -0.2) is 67.6 Å². The van der Waals surface area contributed by atoms with E-state index < -0.39 is 0 Å². The Kier molecular flexibility index (Phi) is 19.5. The van der Waals surface area contributed by atoms with Gasteiger partial charge < -0.3 is 9.80 Å². The van der Waals surface area contributed by atoms with E-state index in [-0.39, 0.29) is 5.91 Å². The molecule has 0 fully saturated rings. The monoisotopic (exact) mass is 502 g/mol. The minimum atomic E-state index is 0.0518. The first-order chi connectivity index (χ1) is 17.1. The van der Waals surface area contributed by atoms with Gasteiger partial charge in [-0.3, -0.25) is 9.69 Å². The van der Waals surface area contributed by atoms with Crippen molar-refractivity contribution in [1.82, 2.24) is 10.2 Å². The average molecular weight is 503 g/mol. The van der Waals surface area contributed by atoms with Crippen LogP contribution in [0.3, 0.4) is 0 Å². The van der Waals surface area contributed by atoms with Gasteiger partial charge in [-0.1, -0.05) is 54.4 Å². The maximum atomic E-state index is 12.5. The summed E-state index contributed by atoms with van der Waals surface area (Å²) in [6, 6.07) is 0. The van der Waals surface area contributed by atoms with Crippen LogP contribution in [-0.2, 0) is 4.79 Å². The quantitative estimate of drug-likeness (QED) is 0.107. The molecule has 4 heteroatoms. The molecule has 0 aliphatic heterocycles. The van der Waals surface area contributed by atoms with Crippen LogP contribution >= 0.6 is 0 Å². The second kappa shape index (κ2) is 20.4. The molecule has 0 spiro atoms. The SMILES string of the molecule is CCN(CC)CC[N+](CC)(CC)CCNC(=O)C=C(C)CCC=C(C)CCC=C(C)CCC=C(C)C. The highest BCUT2D eigenvalue weighted by atomic mass is 16.1. The predicted molar refractivity (Wildman–Crippen MR) is 160 cm³/mol. The Morgan fingerprint density at radius 1 is 0.722 bits per heavy atom. The minimum Gasteiger partial charge on any atom is -0.347 e. The highest BCUT2D eigenvalue weighted by molar-refractivity contribution is 5.88. The van der Waals surface area contributed by atoms with Crippen LogP contribution in [0.15, 0.2) is 46.6 Å². The van der Waals surface area contributed by atoms with Gasteiger partial charge >= 0.3 is 0 Å². The predicted octanol–water partition coefficient (Wildman–Crippen LogP) is 7.45. The van der Waals surface area contributed by atoms with Crippen molar-refractivity contribution in [3.05, 3.63) is 46.6 Å². The summed E-state index contributed by atoms with van der Waals surface area (Å²) in [5.41, 5.74) is 5.49. The van der Waals surface area contributed by atoms with Crippen molar-refractivity contribution < 1.29 is 9.28 Å². The molecule has 0 bridgehead atoms. The van der Waals surface area contributed by atoms with E-state index in [0.717, 1.165) is 101 Å². The second-order valence-electron chi connectivity index (χ2n) is 10.7. The Hall–Kier alpha value is -1.65. The first kappa shape index (κ1) is 34.4. The van der Waals surface area contributed by atoms with Gasteiger partial charge in [0.05, 0.1) is 32.7 Å². The van der Waals surface area contributed by atoms with Crippen LogP contribution in [0.4, 0.5) is 0 Å². The van der Waals surface area contributed by atoms with E-state index in [2.05, 4.69) is 90.8 Å². The van der Waals surface area contributed by atoms with Gasteiger partial charge in [-0.15, -0.1) is 0 Å². The molecule has 0 saturated carbocycles. The molecule has 0 aromatic heterocycles. The third-order valence-corrected chi connectivity index (χ3v) is 7.54. The zero-order valence-electron chi connectivity index (χ0n) is 25.5. The average Bonchev–Trinajstić information content (AvgIpc) is 2.83. The van der Waals surface area contributed by atoms with Gasteiger partial charge in [0.1, 0.15) is 0 Å². The highest BCUT2D eigenvalue weighted by Crippen LogP contribution is 2.13. The van der Waals surface area contributed by atoms with Crippen LogP contribution < -0.4 is 5.32 Å². The van der Waals surface area contributed by atoms with Gasteiger partial charge in [0, 0.05) is 12.6 Å². The number of hydrogen-bond acceptors (Lipinski definition) is 2. The number of rotatable bonds is 20. The smallest absolute Gasteiger partial charge is 0.244 e. The van der Waals surface area contributed by atoms with Gasteiger partial charge in [0.2, 0.25) is 5.91 Å². The van der Waals surface area contributed by atoms with Crippen molar-refractivity contribution in [3.8, 4) is 0 Å². The number of allylic oxidation sites excluding steroid dienone is 7. The standard InChI is InChI=1S/C32H59N3O/c1-10-34(11-2)24-26-35(12-3,13-4)25-23-33-32(36)27-31(9)22-16-21-30(8)20-15-19-29(7)18-14-17-28(5)6/h17,19,21,27H,10-16,18,20,22-26H2,1-9H3/p+1. The number of carbonyl (C=O) groups excluding carboxylic acids is 1. The lowest BCUT2D eigenvalue weighted by Crippen LogP contribution is -2.54. The molecule has 0 atom stereocenters. The molecule has 0 aromatic carbocycles. The number of likely N-dealkylation sites (N-methyl/N-ethyl adjacent to an activating group) is 2. The van der Waals surface area contributed by atoms with Crippen LogP contribution in [0, 0.1) is 0 Å². The van der Waals surface area contributed by atoms with E-state index in [9.17, 15) is 4.79 Å². The summed E-state index contributed by atoms with van der Waals surface area (Å²) in [7, 11) is 0. The maximum absolute atomic E-state index is 12.5. The fraction of sp³-hybridized carbons (Fsp3) is 0.719. The number of carbonyl (C=O) groups is 1. The van der Waals surface area contributed by atoms with Gasteiger partial charge in [0.25, 0.3) is 0 Å². The van der Waals surface area contributed by atoms with Crippen LogP contribution in [0.25, 0.3) is 0 Å². The van der Waals surface area contributed by atoms with E-state index in [1.54, 1.807) is 6.08 Å². The molecule has 0 unspecified atom stereocenters. The van der Waals surface area contributed by atoms with Gasteiger partial charge in [0.15, 0.2) is 0 Å². The summed E-state index contributed by atoms with van der Waals surface area (Å²) in [4.78, 5) is 15.0. The Labute approximate surface area is 225 Å². The van der Waals surface area contributed by atoms with Crippen molar-refractivity contribution >= 4 is 5.91 Å². The molecule has 0 aliphatic carbocycles. The number of nitrogens with zero attached hydrogens (tertiary/aromatic N) is 2. The summed E-state index contributed by atoms with van der Waals surface area (Å²) in [5, 5.41) is 3.14. The van der Waals surface area contributed by atoms with Crippen molar-refractivity contribution in [2.45, 2.75) is 101 Å². The molecule has 0 rings (SSSR count). The first-order valence-corrected chi connectivity index (χ1v) is 14.6. The third-order valence-electron chi connectivity index (χ3n) is 7.54. The van der Waals surface area contributed by atoms with E-state index in [4.69, 9.17) is 0 Å². The molecule has 208 valence electrons. The van der Waals surface area contributed by atoms with Crippen LogP contribution in [0.2, 0.25) is 0 Å². The van der Waals surface area contributed by atoms with Crippen molar-refractivity contribution in [1.29, 1.82) is 0 Å². The summed E-state index contributed by atoms with van der Waals surface area (Å²) in [6.45, 7) is 28.3. The lowest BCUT2D eigenvalue weighted by atomic mass is 10.0. The number of amides is 1. The molecule has 1 N–H and O–H groups in total. The molecule has 0 aliphatic rings. The fourth-order valence-electron chi connectivity index (χ4n) is 4.51. The summed E-state index contributed by atoms with van der Waals surface area (Å²) in [6.07, 6.45) is 15.3. The fourth-order valence-corrected chi connectivity index (χ4v) is 4.51. The zero-order valence-corrected chi connectivity index (χ0v) is 25.5. The van der Waals surface area contributed by atoms with Gasteiger partial charge in [-0.2, -0.15) is 0 Å². The summed E-state index contributed by atoms with van der Waals surface area (Å²) < 4.78 is 1.06. The van der Waals surface area contributed by atoms with E-state index in [0.29, 0.717) is 0 Å². The zero-order chi connectivity index (χ0) is 27.4. The lowest BCUT2D eigenvalue weighted by Gasteiger charge is -2.38. The number of nitrogens with one attached hydrogen (secondary N) is 1. The molecule has 0 aromatic rings. The van der Waals surface area contributed by atoms with E-state index in [1.807, 2.05) is 0 Å². The molecule has 0 saturated heterocycles. The lowest BCUT2D eigenvalue weighted by molar-refractivity contribution is -0.923. The molecular formula is C32H60N3O+. The van der Waals surface area contributed by atoms with Crippen LogP contribution in [0.1, 0.15) is 101 Å². The molecule has 4 nitrogen and oxygen atoms in total. The summed E-state index contributed by atoms with van der Waals surface area (Å²) >= 11 is 0. The van der Waals surface area contributed by atoms with Crippen molar-refractivity contribution in [2.24, 2.45) is 0 Å². The van der Waals surface area contributed by atoms with Crippen molar-refractivity contribution in [3.63, 3.8) is 0 Å². The highest BCUT2D eigenvalue weighted by Gasteiger charge is 2.23. The minimum absolute atomic E-state index is 0.0518. The summed E-state index contributed by atoms with van der Waals surface area (Å²) in [5.74, 6) is 0.0518. The Morgan fingerprint density at radius 3 is 1.69 bits per heavy atom. The van der Waals surface area contributed by atoms with E-state index >= 15 is 0 Å². The first-order valence-electron chi connectivity index (χ1n) is 14.6. The molecule has 36 heavy (non-hydrogen) atoms. The number of hydrogen-bond donors (Lipinski definition) is 1. The van der Waals surface area contributed by atoms with Crippen LogP contribution in [0.5, 0.6) is 0 Å². The Balaban J connectivity index is 4.42. The maximum Gasteiger partial charge on any atom is 0.244 e. The third kappa shape index (κ3) is 16.9. The second-order valence-corrected chi connectivity index (χ2v) is 10.7. The largest absolute Gasteiger partial charge is 0.347 e. The number of quaternary nitrogens is 1. The molecule has 1 amide bonds. The van der Waals surface area contributed by atoms with Crippen molar-refractivity contribution in [2.75, 3.05) is 52.4 Å².